The van der Waals surface area contributed by atoms with Gasteiger partial charge in [-0.2, -0.15) is 0 Å². The highest BCUT2D eigenvalue weighted by Gasteiger charge is 2.27. The van der Waals surface area contributed by atoms with Crippen LogP contribution in [0.25, 0.3) is 0 Å². The van der Waals surface area contributed by atoms with Gasteiger partial charge in [-0.05, 0) is 44.5 Å². The molecule has 0 aromatic heterocycles. The van der Waals surface area contributed by atoms with Crippen LogP contribution >= 0.6 is 0 Å². The van der Waals surface area contributed by atoms with Gasteiger partial charge in [-0.3, -0.25) is 0 Å². The van der Waals surface area contributed by atoms with E-state index in [0.29, 0.717) is 11.4 Å². The summed E-state index contributed by atoms with van der Waals surface area (Å²) in [6, 6.07) is 4.82. The predicted octanol–water partition coefficient (Wildman–Crippen LogP) is 1.16. The smallest absolute Gasteiger partial charge is 0.240 e. The fraction of sp³-hybridized carbons (Fsp3) is 0.538. The first kappa shape index (κ1) is 15.1. The lowest BCUT2D eigenvalue weighted by Crippen LogP contribution is -2.30. The Morgan fingerprint density at radius 1 is 1.35 bits per heavy atom. The lowest BCUT2D eigenvalue weighted by Gasteiger charge is -2.22. The SMILES string of the molecule is CNS(=O)(=O)c1ccc(N)c(NC2CCCC2OC)c1. The van der Waals surface area contributed by atoms with Crippen molar-refractivity contribution in [1.29, 1.82) is 0 Å². The van der Waals surface area contributed by atoms with Crippen molar-refractivity contribution in [1.82, 2.24) is 4.72 Å². The van der Waals surface area contributed by atoms with Gasteiger partial charge in [0, 0.05) is 7.11 Å². The summed E-state index contributed by atoms with van der Waals surface area (Å²) in [6.45, 7) is 0. The van der Waals surface area contributed by atoms with E-state index < -0.39 is 10.0 Å². The summed E-state index contributed by atoms with van der Waals surface area (Å²) in [4.78, 5) is 0.198. The summed E-state index contributed by atoms with van der Waals surface area (Å²) >= 11 is 0. The zero-order valence-electron chi connectivity index (χ0n) is 11.7. The summed E-state index contributed by atoms with van der Waals surface area (Å²) in [5, 5.41) is 3.30. The second-order valence-corrected chi connectivity index (χ2v) is 6.80. The van der Waals surface area contributed by atoms with Gasteiger partial charge in [-0.25, -0.2) is 13.1 Å². The highest BCUT2D eigenvalue weighted by molar-refractivity contribution is 7.89. The molecule has 1 aliphatic rings. The molecular weight excluding hydrogens is 278 g/mol. The summed E-state index contributed by atoms with van der Waals surface area (Å²) < 4.78 is 31.4. The Morgan fingerprint density at radius 2 is 2.10 bits per heavy atom. The van der Waals surface area contributed by atoms with E-state index in [9.17, 15) is 8.42 Å². The number of nitrogens with one attached hydrogen (secondary N) is 2. The quantitative estimate of drug-likeness (QED) is 0.709. The number of ether oxygens (including phenoxy) is 1. The van der Waals surface area contributed by atoms with Crippen molar-refractivity contribution in [2.75, 3.05) is 25.2 Å². The Balaban J connectivity index is 2.25. The third-order valence-corrected chi connectivity index (χ3v) is 5.11. The summed E-state index contributed by atoms with van der Waals surface area (Å²) in [5.41, 5.74) is 7.08. The van der Waals surface area contributed by atoms with Crippen molar-refractivity contribution in [3.8, 4) is 0 Å². The zero-order valence-corrected chi connectivity index (χ0v) is 12.5. The molecule has 112 valence electrons. The zero-order chi connectivity index (χ0) is 14.8. The van der Waals surface area contributed by atoms with Crippen LogP contribution < -0.4 is 15.8 Å². The van der Waals surface area contributed by atoms with Crippen LogP contribution in [0.3, 0.4) is 0 Å². The maximum absolute atomic E-state index is 11.8. The fourth-order valence-corrected chi connectivity index (χ4v) is 3.27. The average Bonchev–Trinajstić information content (AvgIpc) is 2.88. The van der Waals surface area contributed by atoms with Crippen LogP contribution in [0.5, 0.6) is 0 Å². The summed E-state index contributed by atoms with van der Waals surface area (Å²) in [5.74, 6) is 0. The largest absolute Gasteiger partial charge is 0.397 e. The van der Waals surface area contributed by atoms with Crippen molar-refractivity contribution in [2.24, 2.45) is 0 Å². The number of anilines is 2. The van der Waals surface area contributed by atoms with Crippen molar-refractivity contribution < 1.29 is 13.2 Å². The van der Waals surface area contributed by atoms with Crippen LogP contribution in [0.4, 0.5) is 11.4 Å². The van der Waals surface area contributed by atoms with E-state index in [1.54, 1.807) is 19.2 Å². The molecule has 0 heterocycles. The van der Waals surface area contributed by atoms with Gasteiger partial charge in [-0.15, -0.1) is 0 Å². The molecule has 1 aromatic carbocycles. The second-order valence-electron chi connectivity index (χ2n) is 4.91. The number of rotatable bonds is 5. The Hall–Kier alpha value is -1.31. The number of hydrogen-bond acceptors (Lipinski definition) is 5. The molecule has 7 heteroatoms. The van der Waals surface area contributed by atoms with E-state index >= 15 is 0 Å². The van der Waals surface area contributed by atoms with E-state index in [1.165, 1.54) is 13.1 Å². The molecule has 0 aliphatic heterocycles. The number of nitrogens with two attached hydrogens (primary N) is 1. The molecule has 20 heavy (non-hydrogen) atoms. The molecule has 1 fully saturated rings. The maximum Gasteiger partial charge on any atom is 0.240 e. The second kappa shape index (κ2) is 5.99. The van der Waals surface area contributed by atoms with Crippen LogP contribution in [0.15, 0.2) is 23.1 Å². The Bertz CT molecular complexity index is 574. The van der Waals surface area contributed by atoms with Crippen LogP contribution in [0.2, 0.25) is 0 Å². The minimum Gasteiger partial charge on any atom is -0.397 e. The molecular formula is C13H21N3O3S. The molecule has 1 saturated carbocycles. The first-order chi connectivity index (χ1) is 9.47. The molecule has 1 aliphatic carbocycles. The number of methoxy groups -OCH3 is 1. The van der Waals surface area contributed by atoms with Gasteiger partial charge in [0.1, 0.15) is 0 Å². The molecule has 2 atom stereocenters. The highest BCUT2D eigenvalue weighted by Crippen LogP contribution is 2.29. The number of benzene rings is 1. The monoisotopic (exact) mass is 299 g/mol. The van der Waals surface area contributed by atoms with Crippen LogP contribution in [-0.4, -0.2) is 34.7 Å². The third kappa shape index (κ3) is 3.05. The van der Waals surface area contributed by atoms with Crippen molar-refractivity contribution in [2.45, 2.75) is 36.3 Å². The molecule has 4 N–H and O–H groups in total. The normalized spacial score (nSPS) is 22.9. The predicted molar refractivity (Wildman–Crippen MR) is 79.2 cm³/mol. The molecule has 2 rings (SSSR count). The van der Waals surface area contributed by atoms with Crippen LogP contribution in [0, 0.1) is 0 Å². The van der Waals surface area contributed by atoms with E-state index in [-0.39, 0.29) is 17.0 Å². The molecule has 0 radical (unpaired) electrons. The molecule has 0 bridgehead atoms. The van der Waals surface area contributed by atoms with E-state index in [0.717, 1.165) is 19.3 Å². The van der Waals surface area contributed by atoms with Gasteiger partial charge in [-0.1, -0.05) is 0 Å². The minimum absolute atomic E-state index is 0.138. The van der Waals surface area contributed by atoms with E-state index in [4.69, 9.17) is 10.5 Å². The minimum atomic E-state index is -3.47. The maximum atomic E-state index is 11.8. The van der Waals surface area contributed by atoms with Crippen molar-refractivity contribution in [3.63, 3.8) is 0 Å². The Morgan fingerprint density at radius 3 is 2.75 bits per heavy atom. The molecule has 2 unspecified atom stereocenters. The number of sulfonamides is 1. The van der Waals surface area contributed by atoms with Gasteiger partial charge in [0.15, 0.2) is 0 Å². The molecule has 0 saturated heterocycles. The lowest BCUT2D eigenvalue weighted by molar-refractivity contribution is 0.101. The molecule has 0 spiro atoms. The Kier molecular flexibility index (Phi) is 4.52. The first-order valence-electron chi connectivity index (χ1n) is 6.60. The van der Waals surface area contributed by atoms with Gasteiger partial charge in [0.05, 0.1) is 28.4 Å². The summed E-state index contributed by atoms with van der Waals surface area (Å²) in [6.07, 6.45) is 3.22. The van der Waals surface area contributed by atoms with Gasteiger partial charge in [0.25, 0.3) is 0 Å². The standard InChI is InChI=1S/C13H21N3O3S/c1-15-20(17,18)9-6-7-10(14)12(8-9)16-11-4-3-5-13(11)19-2/h6-8,11,13,15-16H,3-5,14H2,1-2H3. The van der Waals surface area contributed by atoms with E-state index in [2.05, 4.69) is 10.0 Å². The highest BCUT2D eigenvalue weighted by atomic mass is 32.2. The van der Waals surface area contributed by atoms with Gasteiger partial charge in [0.2, 0.25) is 10.0 Å². The van der Waals surface area contributed by atoms with Gasteiger partial charge < -0.3 is 15.8 Å². The molecule has 1 aromatic rings. The number of nitrogen functional groups attached to an aromatic ring is 1. The van der Waals surface area contributed by atoms with Crippen LogP contribution in [-0.2, 0) is 14.8 Å². The number of hydrogen-bond donors (Lipinski definition) is 3. The van der Waals surface area contributed by atoms with Gasteiger partial charge >= 0.3 is 0 Å². The topological polar surface area (TPSA) is 93.5 Å². The van der Waals surface area contributed by atoms with Crippen molar-refractivity contribution >= 4 is 21.4 Å². The van der Waals surface area contributed by atoms with Crippen LogP contribution in [0.1, 0.15) is 19.3 Å². The first-order valence-corrected chi connectivity index (χ1v) is 8.08. The lowest BCUT2D eigenvalue weighted by atomic mass is 10.2. The fourth-order valence-electron chi connectivity index (χ4n) is 2.52. The van der Waals surface area contributed by atoms with E-state index in [1.807, 2.05) is 0 Å². The third-order valence-electron chi connectivity index (χ3n) is 3.70. The average molecular weight is 299 g/mol. The summed E-state index contributed by atoms with van der Waals surface area (Å²) in [7, 11) is -0.391. The van der Waals surface area contributed by atoms with Crippen molar-refractivity contribution in [3.05, 3.63) is 18.2 Å². The molecule has 0 amide bonds. The molecule has 6 nitrogen and oxygen atoms in total. The Labute approximate surface area is 119 Å².